The Bertz CT molecular complexity index is 202. The van der Waals surface area contributed by atoms with Gasteiger partial charge < -0.3 is 9.64 Å². The van der Waals surface area contributed by atoms with Gasteiger partial charge in [0.1, 0.15) is 6.34 Å². The minimum atomic E-state index is 0.413. The molecule has 0 aliphatic heterocycles. The zero-order chi connectivity index (χ0) is 10.8. The Morgan fingerprint density at radius 2 is 2.21 bits per heavy atom. The monoisotopic (exact) mass is 197 g/mol. The first-order valence-electron chi connectivity index (χ1n) is 4.59. The molecule has 4 nitrogen and oxygen atoms in total. The number of methoxy groups -OCH3 is 1. The summed E-state index contributed by atoms with van der Waals surface area (Å²) in [7, 11) is 3.68. The van der Waals surface area contributed by atoms with E-state index in [-0.39, 0.29) is 0 Å². The minimum absolute atomic E-state index is 0.413. The molecule has 0 rings (SSSR count). The van der Waals surface area contributed by atoms with Gasteiger partial charge >= 0.3 is 0 Å². The zero-order valence-electron chi connectivity index (χ0n) is 9.18. The van der Waals surface area contributed by atoms with Crippen molar-refractivity contribution >= 4 is 12.7 Å². The number of aliphatic imine (C=N–C) groups is 2. The van der Waals surface area contributed by atoms with Crippen LogP contribution in [0.1, 0.15) is 13.3 Å². The Labute approximate surface area is 86.0 Å². The summed E-state index contributed by atoms with van der Waals surface area (Å²) >= 11 is 0. The quantitative estimate of drug-likeness (QED) is 0.458. The molecular weight excluding hydrogens is 178 g/mol. The molecule has 4 heteroatoms. The summed E-state index contributed by atoms with van der Waals surface area (Å²) in [5.74, 6) is 0. The van der Waals surface area contributed by atoms with Crippen LogP contribution in [0, 0.1) is 0 Å². The van der Waals surface area contributed by atoms with Crippen LogP contribution < -0.4 is 0 Å². The fourth-order valence-corrected chi connectivity index (χ4v) is 0.826. The van der Waals surface area contributed by atoms with E-state index in [0.29, 0.717) is 6.04 Å². The lowest BCUT2D eigenvalue weighted by atomic mass is 10.2. The van der Waals surface area contributed by atoms with Crippen LogP contribution in [0.2, 0.25) is 0 Å². The summed E-state index contributed by atoms with van der Waals surface area (Å²) in [6.07, 6.45) is 5.64. The highest BCUT2D eigenvalue weighted by Gasteiger charge is 2.03. The first-order chi connectivity index (χ1) is 6.72. The predicted octanol–water partition coefficient (Wildman–Crippen LogP) is 1.54. The molecule has 0 heterocycles. The third-order valence-electron chi connectivity index (χ3n) is 1.92. The second kappa shape index (κ2) is 8.44. The molecule has 0 bridgehead atoms. The summed E-state index contributed by atoms with van der Waals surface area (Å²) < 4.78 is 4.99. The fraction of sp³-hybridized carbons (Fsp3) is 0.600. The highest BCUT2D eigenvalue weighted by atomic mass is 16.5. The van der Waals surface area contributed by atoms with Crippen molar-refractivity contribution in [3.63, 3.8) is 0 Å². The summed E-state index contributed by atoms with van der Waals surface area (Å²) in [6, 6.07) is 0.413. The van der Waals surface area contributed by atoms with Gasteiger partial charge in [-0.05, 0) is 13.3 Å². The van der Waals surface area contributed by atoms with Crippen LogP contribution in [0.3, 0.4) is 0 Å². The Kier molecular flexibility index (Phi) is 7.74. The van der Waals surface area contributed by atoms with Gasteiger partial charge in [-0.25, -0.2) is 9.98 Å². The van der Waals surface area contributed by atoms with Crippen LogP contribution >= 0.6 is 0 Å². The molecule has 0 aliphatic carbocycles. The summed E-state index contributed by atoms with van der Waals surface area (Å²) in [5, 5.41) is 0. The van der Waals surface area contributed by atoms with Gasteiger partial charge in [-0.1, -0.05) is 6.58 Å². The first-order valence-corrected chi connectivity index (χ1v) is 4.59. The van der Waals surface area contributed by atoms with Gasteiger partial charge in [0.15, 0.2) is 0 Å². The van der Waals surface area contributed by atoms with E-state index in [1.807, 2.05) is 11.9 Å². The summed E-state index contributed by atoms with van der Waals surface area (Å²) in [6.45, 7) is 6.34. The molecule has 0 aromatic rings. The van der Waals surface area contributed by atoms with Crippen molar-refractivity contribution in [3.05, 3.63) is 12.8 Å². The molecule has 0 amide bonds. The van der Waals surface area contributed by atoms with Crippen LogP contribution in [0.15, 0.2) is 22.8 Å². The van der Waals surface area contributed by atoms with Crippen LogP contribution in [-0.4, -0.2) is 44.4 Å². The van der Waals surface area contributed by atoms with Crippen molar-refractivity contribution in [2.45, 2.75) is 19.4 Å². The molecule has 1 unspecified atom stereocenters. The van der Waals surface area contributed by atoms with Gasteiger partial charge in [0.25, 0.3) is 0 Å². The molecule has 0 aromatic carbocycles. The lowest BCUT2D eigenvalue weighted by Crippen LogP contribution is -2.28. The van der Waals surface area contributed by atoms with Crippen molar-refractivity contribution < 1.29 is 4.74 Å². The Morgan fingerprint density at radius 1 is 1.50 bits per heavy atom. The normalized spacial score (nSPS) is 13.6. The van der Waals surface area contributed by atoms with E-state index in [4.69, 9.17) is 4.74 Å². The second-order valence-corrected chi connectivity index (χ2v) is 3.01. The maximum absolute atomic E-state index is 4.99. The number of hydrogen-bond donors (Lipinski definition) is 0. The fourth-order valence-electron chi connectivity index (χ4n) is 0.826. The molecule has 14 heavy (non-hydrogen) atoms. The van der Waals surface area contributed by atoms with Gasteiger partial charge in [0.2, 0.25) is 0 Å². The molecule has 1 atom stereocenters. The van der Waals surface area contributed by atoms with E-state index in [1.165, 1.54) is 12.5 Å². The molecule has 0 saturated heterocycles. The number of ether oxygens (including phenoxy) is 1. The predicted molar refractivity (Wildman–Crippen MR) is 60.9 cm³/mol. The standard InChI is InChI=1S/C10H19N3O/c1-5-11-8-12-9-13(3)10(2)6-7-14-4/h5,8-10H,1,6-7H2,2-4H3/b11-8-,12-9+. The molecule has 0 aromatic heterocycles. The highest BCUT2D eigenvalue weighted by molar-refractivity contribution is 5.71. The van der Waals surface area contributed by atoms with Gasteiger partial charge in [0.05, 0.1) is 6.34 Å². The first kappa shape index (κ1) is 12.8. The van der Waals surface area contributed by atoms with E-state index >= 15 is 0 Å². The molecule has 0 saturated carbocycles. The average molecular weight is 197 g/mol. The Morgan fingerprint density at radius 3 is 2.79 bits per heavy atom. The van der Waals surface area contributed by atoms with Crippen LogP contribution in [-0.2, 0) is 4.74 Å². The largest absolute Gasteiger partial charge is 0.385 e. The SMILES string of the molecule is C=C/N=C\N=C\N(C)C(C)CCOC. The average Bonchev–Trinajstić information content (AvgIpc) is 2.20. The summed E-state index contributed by atoms with van der Waals surface area (Å²) in [4.78, 5) is 9.76. The second-order valence-electron chi connectivity index (χ2n) is 3.01. The van der Waals surface area contributed by atoms with Crippen molar-refractivity contribution in [2.24, 2.45) is 9.98 Å². The van der Waals surface area contributed by atoms with Gasteiger partial charge in [-0.3, -0.25) is 0 Å². The van der Waals surface area contributed by atoms with Crippen LogP contribution in [0.4, 0.5) is 0 Å². The van der Waals surface area contributed by atoms with E-state index in [9.17, 15) is 0 Å². The molecule has 0 aliphatic rings. The molecule has 0 N–H and O–H groups in total. The number of hydrogen-bond acceptors (Lipinski definition) is 2. The van der Waals surface area contributed by atoms with Crippen LogP contribution in [0.25, 0.3) is 0 Å². The smallest absolute Gasteiger partial charge is 0.117 e. The maximum Gasteiger partial charge on any atom is 0.117 e. The van der Waals surface area contributed by atoms with Crippen molar-refractivity contribution in [1.29, 1.82) is 0 Å². The molecule has 0 radical (unpaired) electrons. The Balaban J connectivity index is 3.80. The van der Waals surface area contributed by atoms with E-state index in [0.717, 1.165) is 13.0 Å². The van der Waals surface area contributed by atoms with Crippen molar-refractivity contribution in [2.75, 3.05) is 20.8 Å². The molecule has 0 spiro atoms. The highest BCUT2D eigenvalue weighted by Crippen LogP contribution is 1.98. The third-order valence-corrected chi connectivity index (χ3v) is 1.92. The van der Waals surface area contributed by atoms with Gasteiger partial charge in [-0.2, -0.15) is 0 Å². The third kappa shape index (κ3) is 6.37. The lowest BCUT2D eigenvalue weighted by Gasteiger charge is -2.21. The van der Waals surface area contributed by atoms with E-state index < -0.39 is 0 Å². The number of nitrogens with zero attached hydrogens (tertiary/aromatic N) is 3. The van der Waals surface area contributed by atoms with Gasteiger partial charge in [-0.15, -0.1) is 0 Å². The van der Waals surface area contributed by atoms with Crippen molar-refractivity contribution in [3.8, 4) is 0 Å². The molecule has 80 valence electrons. The molecular formula is C10H19N3O. The number of rotatable bonds is 7. The van der Waals surface area contributed by atoms with Crippen molar-refractivity contribution in [1.82, 2.24) is 4.90 Å². The van der Waals surface area contributed by atoms with Crippen LogP contribution in [0.5, 0.6) is 0 Å². The summed E-state index contributed by atoms with van der Waals surface area (Å²) in [5.41, 5.74) is 0. The minimum Gasteiger partial charge on any atom is -0.385 e. The lowest BCUT2D eigenvalue weighted by molar-refractivity contribution is 0.174. The topological polar surface area (TPSA) is 37.2 Å². The maximum atomic E-state index is 4.99. The molecule has 0 fully saturated rings. The van der Waals surface area contributed by atoms with E-state index in [2.05, 4.69) is 23.5 Å². The van der Waals surface area contributed by atoms with Gasteiger partial charge in [0, 0.05) is 33.0 Å². The zero-order valence-corrected chi connectivity index (χ0v) is 9.18. The Hall–Kier alpha value is -1.16. The van der Waals surface area contributed by atoms with E-state index in [1.54, 1.807) is 13.4 Å².